The third kappa shape index (κ3) is 3.60. The van der Waals surface area contributed by atoms with E-state index in [-0.39, 0.29) is 6.04 Å². The van der Waals surface area contributed by atoms with Crippen molar-refractivity contribution in [1.29, 1.82) is 0 Å². The molecule has 110 valence electrons. The highest BCUT2D eigenvalue weighted by molar-refractivity contribution is 7.15. The van der Waals surface area contributed by atoms with Crippen LogP contribution in [0.1, 0.15) is 12.1 Å². The lowest BCUT2D eigenvalue weighted by Gasteiger charge is -2.15. The second-order valence-corrected chi connectivity index (χ2v) is 5.72. The number of para-hydroxylation sites is 1. The number of thiazole rings is 1. The van der Waals surface area contributed by atoms with Crippen LogP contribution in [-0.4, -0.2) is 22.0 Å². The summed E-state index contributed by atoms with van der Waals surface area (Å²) in [6.07, 6.45) is 5.69. The van der Waals surface area contributed by atoms with Gasteiger partial charge in [-0.05, 0) is 18.6 Å². The molecule has 1 unspecified atom stereocenters. The number of hydrazine groups is 1. The molecule has 0 fully saturated rings. The lowest BCUT2D eigenvalue weighted by Crippen LogP contribution is -2.38. The summed E-state index contributed by atoms with van der Waals surface area (Å²) in [5, 5.41) is 2.03. The van der Waals surface area contributed by atoms with Crippen molar-refractivity contribution >= 4 is 16.3 Å². The van der Waals surface area contributed by atoms with Crippen LogP contribution in [0.3, 0.4) is 0 Å². The average molecular weight is 302 g/mol. The molecule has 0 radical (unpaired) electrons. The molecule has 3 rings (SSSR count). The van der Waals surface area contributed by atoms with E-state index in [1.807, 2.05) is 52.5 Å². The van der Waals surface area contributed by atoms with E-state index in [4.69, 9.17) is 10.6 Å². The van der Waals surface area contributed by atoms with Gasteiger partial charge in [-0.25, -0.2) is 4.98 Å². The fourth-order valence-electron chi connectivity index (χ4n) is 2.21. The Morgan fingerprint density at radius 1 is 1.33 bits per heavy atom. The zero-order valence-corrected chi connectivity index (χ0v) is 12.4. The summed E-state index contributed by atoms with van der Waals surface area (Å²) in [6.45, 7) is 0.626. The van der Waals surface area contributed by atoms with Crippen molar-refractivity contribution in [3.05, 3.63) is 53.8 Å². The molecule has 1 atom stereocenters. The van der Waals surface area contributed by atoms with Gasteiger partial charge in [0.2, 0.25) is 0 Å². The maximum absolute atomic E-state index is 5.70. The molecule has 2 aromatic heterocycles. The van der Waals surface area contributed by atoms with Crippen molar-refractivity contribution in [2.24, 2.45) is 5.84 Å². The highest BCUT2D eigenvalue weighted by Gasteiger charge is 2.11. The molecule has 1 aromatic carbocycles. The van der Waals surface area contributed by atoms with Crippen LogP contribution >= 0.6 is 11.3 Å². The molecule has 0 saturated carbocycles. The van der Waals surface area contributed by atoms with E-state index >= 15 is 0 Å². The maximum Gasteiger partial charge on any atom is 0.193 e. The van der Waals surface area contributed by atoms with Gasteiger partial charge >= 0.3 is 0 Å². The number of hydrogen-bond donors (Lipinski definition) is 2. The van der Waals surface area contributed by atoms with E-state index in [1.165, 1.54) is 0 Å². The van der Waals surface area contributed by atoms with Crippen molar-refractivity contribution in [3.8, 4) is 5.75 Å². The smallest absolute Gasteiger partial charge is 0.193 e. The Bertz CT molecular complexity index is 651. The minimum atomic E-state index is 0.151. The summed E-state index contributed by atoms with van der Waals surface area (Å²) < 4.78 is 7.74. The Morgan fingerprint density at radius 2 is 2.19 bits per heavy atom. The summed E-state index contributed by atoms with van der Waals surface area (Å²) in [5.41, 5.74) is 3.89. The van der Waals surface area contributed by atoms with Crippen LogP contribution in [-0.2, 0) is 6.42 Å². The monoisotopic (exact) mass is 302 g/mol. The van der Waals surface area contributed by atoms with Crippen molar-refractivity contribution in [2.75, 3.05) is 6.61 Å². The molecular weight excluding hydrogens is 284 g/mol. The second kappa shape index (κ2) is 6.71. The Hall–Kier alpha value is -1.89. The molecule has 0 aliphatic heterocycles. The number of rotatable bonds is 7. The fourth-order valence-corrected chi connectivity index (χ4v) is 2.93. The summed E-state index contributed by atoms with van der Waals surface area (Å²) in [4.78, 5) is 5.59. The fraction of sp³-hybridized carbons (Fsp3) is 0.267. The molecule has 0 amide bonds. The lowest BCUT2D eigenvalue weighted by atomic mass is 10.1. The zero-order chi connectivity index (χ0) is 14.5. The lowest BCUT2D eigenvalue weighted by molar-refractivity contribution is 0.285. The highest BCUT2D eigenvalue weighted by atomic mass is 32.1. The number of ether oxygens (including phenoxy) is 1. The van der Waals surface area contributed by atoms with Gasteiger partial charge in [0.1, 0.15) is 5.75 Å². The van der Waals surface area contributed by atoms with Gasteiger partial charge in [0.15, 0.2) is 4.96 Å². The van der Waals surface area contributed by atoms with E-state index in [2.05, 4.69) is 10.4 Å². The molecule has 0 aliphatic carbocycles. The third-order valence-corrected chi connectivity index (χ3v) is 4.08. The van der Waals surface area contributed by atoms with E-state index < -0.39 is 0 Å². The summed E-state index contributed by atoms with van der Waals surface area (Å²) in [5.74, 6) is 6.52. The van der Waals surface area contributed by atoms with Crippen LogP contribution in [0.25, 0.3) is 4.96 Å². The quantitative estimate of drug-likeness (QED) is 0.519. The van der Waals surface area contributed by atoms with Crippen LogP contribution in [0.2, 0.25) is 0 Å². The summed E-state index contributed by atoms with van der Waals surface area (Å²) in [6, 6.07) is 9.96. The molecule has 0 spiro atoms. The van der Waals surface area contributed by atoms with Crippen molar-refractivity contribution in [2.45, 2.75) is 18.9 Å². The Morgan fingerprint density at radius 3 is 2.95 bits per heavy atom. The molecule has 0 aliphatic rings. The number of benzene rings is 1. The van der Waals surface area contributed by atoms with Gasteiger partial charge in [-0.15, -0.1) is 11.3 Å². The van der Waals surface area contributed by atoms with Gasteiger partial charge in [-0.2, -0.15) is 0 Å². The molecule has 6 heteroatoms. The first-order valence-corrected chi connectivity index (χ1v) is 7.78. The van der Waals surface area contributed by atoms with Crippen LogP contribution in [0.4, 0.5) is 0 Å². The molecule has 3 aromatic rings. The van der Waals surface area contributed by atoms with Gasteiger partial charge in [0, 0.05) is 30.2 Å². The minimum Gasteiger partial charge on any atom is -0.494 e. The predicted octanol–water partition coefficient (Wildman–Crippen LogP) is 2.24. The number of nitrogens with two attached hydrogens (primary N) is 1. The summed E-state index contributed by atoms with van der Waals surface area (Å²) >= 11 is 1.63. The molecule has 0 saturated heterocycles. The van der Waals surface area contributed by atoms with Crippen molar-refractivity contribution in [1.82, 2.24) is 14.8 Å². The van der Waals surface area contributed by atoms with Crippen molar-refractivity contribution < 1.29 is 4.74 Å². The first-order valence-electron chi connectivity index (χ1n) is 6.90. The Labute approximate surface area is 127 Å². The number of nitrogens with one attached hydrogen (secondary N) is 1. The zero-order valence-electron chi connectivity index (χ0n) is 11.6. The Kier molecular flexibility index (Phi) is 4.49. The maximum atomic E-state index is 5.70. The first-order chi connectivity index (χ1) is 10.3. The standard InChI is InChI=1S/C15H18N4OS/c16-18-12(6-8-20-14-4-2-1-3-5-14)10-13-11-19-7-9-21-15(19)17-13/h1-5,7,9,11-12,18H,6,8,10,16H2. The first kappa shape index (κ1) is 14.1. The van der Waals surface area contributed by atoms with E-state index in [9.17, 15) is 0 Å². The van der Waals surface area contributed by atoms with Crippen LogP contribution in [0.15, 0.2) is 48.1 Å². The topological polar surface area (TPSA) is 64.6 Å². The van der Waals surface area contributed by atoms with Gasteiger partial charge < -0.3 is 4.74 Å². The molecule has 3 N–H and O–H groups in total. The highest BCUT2D eigenvalue weighted by Crippen LogP contribution is 2.14. The minimum absolute atomic E-state index is 0.151. The van der Waals surface area contributed by atoms with E-state index in [1.54, 1.807) is 11.3 Å². The van der Waals surface area contributed by atoms with E-state index in [0.717, 1.165) is 29.2 Å². The second-order valence-electron chi connectivity index (χ2n) is 4.84. The van der Waals surface area contributed by atoms with Crippen molar-refractivity contribution in [3.63, 3.8) is 0 Å². The largest absolute Gasteiger partial charge is 0.494 e. The van der Waals surface area contributed by atoms with Crippen LogP contribution in [0.5, 0.6) is 5.75 Å². The van der Waals surface area contributed by atoms with Crippen LogP contribution < -0.4 is 16.0 Å². The summed E-state index contributed by atoms with van der Waals surface area (Å²) in [7, 11) is 0. The normalized spacial score (nSPS) is 12.6. The SMILES string of the molecule is NNC(CCOc1ccccc1)Cc1cn2ccsc2n1. The predicted molar refractivity (Wildman–Crippen MR) is 84.4 cm³/mol. The number of fused-ring (bicyclic) bond motifs is 1. The third-order valence-electron chi connectivity index (χ3n) is 3.31. The van der Waals surface area contributed by atoms with Gasteiger partial charge in [-0.1, -0.05) is 18.2 Å². The number of nitrogens with zero attached hydrogens (tertiary/aromatic N) is 2. The molecule has 21 heavy (non-hydrogen) atoms. The number of imidazole rings is 1. The number of aromatic nitrogens is 2. The molecule has 0 bridgehead atoms. The number of hydrogen-bond acceptors (Lipinski definition) is 5. The van der Waals surface area contributed by atoms with Gasteiger partial charge in [0.05, 0.1) is 12.3 Å². The Balaban J connectivity index is 1.52. The average Bonchev–Trinajstić information content (AvgIpc) is 3.08. The molecule has 5 nitrogen and oxygen atoms in total. The molecule has 2 heterocycles. The molecular formula is C15H18N4OS. The van der Waals surface area contributed by atoms with Gasteiger partial charge in [0.25, 0.3) is 0 Å². The van der Waals surface area contributed by atoms with Crippen LogP contribution in [0, 0.1) is 0 Å². The van der Waals surface area contributed by atoms with Gasteiger partial charge in [-0.3, -0.25) is 15.7 Å². The van der Waals surface area contributed by atoms with E-state index in [0.29, 0.717) is 6.61 Å².